The van der Waals surface area contributed by atoms with Crippen molar-refractivity contribution in [1.29, 1.82) is 0 Å². The van der Waals surface area contributed by atoms with E-state index in [1.54, 1.807) is 58.9 Å². The maximum Gasteiger partial charge on any atom is 0.336 e. The minimum atomic E-state index is -0.712. The van der Waals surface area contributed by atoms with E-state index in [4.69, 9.17) is 21.1 Å². The number of ether oxygens (including phenoxy) is 2. The highest BCUT2D eigenvalue weighted by Crippen LogP contribution is 2.39. The maximum atomic E-state index is 13.1. The van der Waals surface area contributed by atoms with E-state index in [1.165, 1.54) is 7.11 Å². The van der Waals surface area contributed by atoms with Crippen LogP contribution in [0.15, 0.2) is 46.8 Å². The van der Waals surface area contributed by atoms with Gasteiger partial charge in [0.05, 0.1) is 18.6 Å². The number of hydrogen-bond acceptors (Lipinski definition) is 6. The molecule has 1 amide bonds. The molecule has 1 atom stereocenters. The molecule has 0 unspecified atom stereocenters. The van der Waals surface area contributed by atoms with Gasteiger partial charge in [-0.1, -0.05) is 23.7 Å². The Hall–Kier alpha value is -2.80. The van der Waals surface area contributed by atoms with Gasteiger partial charge < -0.3 is 20.1 Å². The number of carbonyl (C=O) groups excluding carboxylic acids is 3. The van der Waals surface area contributed by atoms with Crippen molar-refractivity contribution in [2.75, 3.05) is 13.7 Å². The van der Waals surface area contributed by atoms with Crippen molar-refractivity contribution in [3.63, 3.8) is 0 Å². The molecule has 1 aromatic rings. The summed E-state index contributed by atoms with van der Waals surface area (Å²) in [5, 5.41) is 6.13. The maximum absolute atomic E-state index is 13.1. The van der Waals surface area contributed by atoms with Gasteiger partial charge in [-0.15, -0.1) is 0 Å². The van der Waals surface area contributed by atoms with Crippen molar-refractivity contribution in [2.45, 2.75) is 46.1 Å². The molecule has 0 spiro atoms. The first-order valence-corrected chi connectivity index (χ1v) is 9.84. The van der Waals surface area contributed by atoms with Crippen LogP contribution in [0, 0.1) is 0 Å². The number of esters is 2. The Morgan fingerprint density at radius 1 is 1.13 bits per heavy atom. The van der Waals surface area contributed by atoms with Gasteiger partial charge in [-0.25, -0.2) is 4.79 Å². The number of halogens is 1. The number of hydrogen-bond donors (Lipinski definition) is 2. The van der Waals surface area contributed by atoms with Crippen molar-refractivity contribution < 1.29 is 23.9 Å². The average molecular weight is 435 g/mol. The Labute approximate surface area is 181 Å². The monoisotopic (exact) mass is 434 g/mol. The Balaban J connectivity index is 2.42. The summed E-state index contributed by atoms with van der Waals surface area (Å²) in [4.78, 5) is 37.7. The van der Waals surface area contributed by atoms with Crippen LogP contribution in [0.3, 0.4) is 0 Å². The summed E-state index contributed by atoms with van der Waals surface area (Å²) in [6.45, 7) is 8.41. The predicted molar refractivity (Wildman–Crippen MR) is 114 cm³/mol. The van der Waals surface area contributed by atoms with Gasteiger partial charge in [0.2, 0.25) is 5.91 Å². The van der Waals surface area contributed by atoms with Crippen LogP contribution >= 0.6 is 11.6 Å². The lowest BCUT2D eigenvalue weighted by Crippen LogP contribution is -2.39. The molecule has 0 aliphatic carbocycles. The quantitative estimate of drug-likeness (QED) is 0.691. The van der Waals surface area contributed by atoms with Crippen molar-refractivity contribution >= 4 is 29.4 Å². The van der Waals surface area contributed by atoms with Crippen molar-refractivity contribution in [3.8, 4) is 0 Å². The van der Waals surface area contributed by atoms with Gasteiger partial charge in [-0.3, -0.25) is 9.59 Å². The highest BCUT2D eigenvalue weighted by molar-refractivity contribution is 6.30. The molecule has 1 aliphatic heterocycles. The number of dihydropyridines is 1. The van der Waals surface area contributed by atoms with E-state index < -0.39 is 29.4 Å². The highest BCUT2D eigenvalue weighted by Gasteiger charge is 2.37. The lowest BCUT2D eigenvalue weighted by atomic mass is 9.80. The number of amides is 1. The first-order valence-electron chi connectivity index (χ1n) is 9.47. The number of allylic oxidation sites excluding steroid dienone is 2. The smallest absolute Gasteiger partial charge is 0.336 e. The van der Waals surface area contributed by atoms with E-state index in [1.807, 2.05) is 0 Å². The van der Waals surface area contributed by atoms with Gasteiger partial charge in [0, 0.05) is 22.0 Å². The van der Waals surface area contributed by atoms with Crippen LogP contribution in [-0.2, 0) is 23.9 Å². The second-order valence-electron chi connectivity index (χ2n) is 7.95. The second kappa shape index (κ2) is 9.34. The normalized spacial score (nSPS) is 16.7. The zero-order valence-corrected chi connectivity index (χ0v) is 18.8. The number of benzene rings is 1. The largest absolute Gasteiger partial charge is 0.466 e. The molecule has 1 aromatic carbocycles. The van der Waals surface area contributed by atoms with E-state index >= 15 is 0 Å². The van der Waals surface area contributed by atoms with Crippen molar-refractivity contribution in [1.82, 2.24) is 10.6 Å². The van der Waals surface area contributed by atoms with Crippen LogP contribution in [0.2, 0.25) is 5.02 Å². The molecule has 0 bridgehead atoms. The Kier molecular flexibility index (Phi) is 7.31. The molecule has 0 saturated heterocycles. The topological polar surface area (TPSA) is 93.7 Å². The van der Waals surface area contributed by atoms with Crippen LogP contribution in [0.4, 0.5) is 0 Å². The summed E-state index contributed by atoms with van der Waals surface area (Å²) >= 11 is 6.16. The van der Waals surface area contributed by atoms with Gasteiger partial charge in [0.15, 0.2) is 0 Å². The predicted octanol–water partition coefficient (Wildman–Crippen LogP) is 3.21. The van der Waals surface area contributed by atoms with E-state index in [0.29, 0.717) is 33.1 Å². The van der Waals surface area contributed by atoms with Crippen LogP contribution in [0.5, 0.6) is 0 Å². The summed E-state index contributed by atoms with van der Waals surface area (Å²) in [5.74, 6) is -2.33. The molecule has 2 N–H and O–H groups in total. The molecule has 2 rings (SSSR count). The lowest BCUT2D eigenvalue weighted by molar-refractivity contribution is -0.154. The molecule has 0 saturated carbocycles. The highest BCUT2D eigenvalue weighted by atomic mass is 35.5. The van der Waals surface area contributed by atoms with E-state index in [2.05, 4.69) is 10.6 Å². The van der Waals surface area contributed by atoms with Crippen LogP contribution in [0.1, 0.15) is 46.1 Å². The Bertz CT molecular complexity index is 928. The molecule has 8 heteroatoms. The van der Waals surface area contributed by atoms with E-state index in [0.717, 1.165) is 0 Å². The summed E-state index contributed by atoms with van der Waals surface area (Å²) in [7, 11) is 1.28. The van der Waals surface area contributed by atoms with Gasteiger partial charge in [0.25, 0.3) is 0 Å². The minimum Gasteiger partial charge on any atom is -0.466 e. The van der Waals surface area contributed by atoms with Crippen LogP contribution in [-0.4, -0.2) is 37.1 Å². The summed E-state index contributed by atoms with van der Waals surface area (Å²) in [6, 6.07) is 6.93. The Morgan fingerprint density at radius 2 is 1.77 bits per heavy atom. The third-order valence-electron chi connectivity index (χ3n) is 4.41. The molecule has 1 heterocycles. The van der Waals surface area contributed by atoms with Gasteiger partial charge in [-0.2, -0.15) is 0 Å². The third kappa shape index (κ3) is 5.63. The first kappa shape index (κ1) is 23.5. The molecular formula is C22H27ClN2O5. The molecule has 0 radical (unpaired) electrons. The average Bonchev–Trinajstić information content (AvgIpc) is 2.63. The number of carbonyl (C=O) groups is 3. The van der Waals surface area contributed by atoms with Gasteiger partial charge in [-0.05, 0) is 52.3 Å². The van der Waals surface area contributed by atoms with Crippen molar-refractivity contribution in [2.24, 2.45) is 0 Å². The van der Waals surface area contributed by atoms with Gasteiger partial charge in [0.1, 0.15) is 12.1 Å². The molecule has 0 aromatic heterocycles. The molecule has 7 nitrogen and oxygen atoms in total. The van der Waals surface area contributed by atoms with E-state index in [-0.39, 0.29) is 6.54 Å². The van der Waals surface area contributed by atoms with Crippen LogP contribution < -0.4 is 10.6 Å². The minimum absolute atomic E-state index is 0.298. The summed E-state index contributed by atoms with van der Waals surface area (Å²) in [5.41, 5.74) is 1.73. The number of methoxy groups -OCH3 is 1. The molecule has 30 heavy (non-hydrogen) atoms. The number of rotatable bonds is 5. The van der Waals surface area contributed by atoms with Crippen LogP contribution in [0.25, 0.3) is 0 Å². The Morgan fingerprint density at radius 3 is 2.33 bits per heavy atom. The summed E-state index contributed by atoms with van der Waals surface area (Å²) < 4.78 is 10.2. The molecule has 1 aliphatic rings. The second-order valence-corrected chi connectivity index (χ2v) is 8.39. The zero-order valence-electron chi connectivity index (χ0n) is 18.0. The zero-order chi connectivity index (χ0) is 22.6. The fraction of sp³-hybridized carbons (Fsp3) is 0.409. The summed E-state index contributed by atoms with van der Waals surface area (Å²) in [6.07, 6.45) is 0. The van der Waals surface area contributed by atoms with Crippen molar-refractivity contribution in [3.05, 3.63) is 57.4 Å². The lowest BCUT2D eigenvalue weighted by Gasteiger charge is -2.31. The molecular weight excluding hydrogens is 408 g/mol. The first-order chi connectivity index (χ1) is 13.9. The SMILES string of the molecule is COC(=O)C1=C(C)NC(C)=C(C(=O)NCC(=O)OC(C)(C)C)[C@@H]1c1cccc(Cl)c1. The van der Waals surface area contributed by atoms with Gasteiger partial charge >= 0.3 is 11.9 Å². The fourth-order valence-corrected chi connectivity index (χ4v) is 3.52. The van der Waals surface area contributed by atoms with E-state index in [9.17, 15) is 14.4 Å². The standard InChI is InChI=1S/C22H27ClN2O5/c1-12-17(20(27)24-11-16(26)30-22(3,4)5)19(14-8-7-9-15(23)10-14)18(13(2)25-12)21(28)29-6/h7-10,19,25H,11H2,1-6H3,(H,24,27)/t19-/m0/s1. The molecule has 0 fully saturated rings. The third-order valence-corrected chi connectivity index (χ3v) is 4.64. The number of nitrogens with one attached hydrogen (secondary N) is 2. The fourth-order valence-electron chi connectivity index (χ4n) is 3.32. The molecule has 162 valence electrons.